The lowest BCUT2D eigenvalue weighted by Crippen LogP contribution is -2.29. The molecule has 0 N–H and O–H groups in total. The van der Waals surface area contributed by atoms with Crippen LogP contribution in [0.1, 0.15) is 19.3 Å². The summed E-state index contributed by atoms with van der Waals surface area (Å²) in [5.74, 6) is 1.13. The molecule has 0 saturated carbocycles. The van der Waals surface area contributed by atoms with Crippen LogP contribution in [-0.2, 0) is 0 Å². The van der Waals surface area contributed by atoms with Crippen molar-refractivity contribution in [3.05, 3.63) is 30.3 Å². The van der Waals surface area contributed by atoms with Gasteiger partial charge in [-0.25, -0.2) is 0 Å². The third kappa shape index (κ3) is 3.03. The summed E-state index contributed by atoms with van der Waals surface area (Å²) in [5, 5.41) is 0. The van der Waals surface area contributed by atoms with Crippen molar-refractivity contribution in [2.75, 3.05) is 19.0 Å². The Morgan fingerprint density at radius 1 is 1.21 bits per heavy atom. The Morgan fingerprint density at radius 3 is 2.79 bits per heavy atom. The first-order chi connectivity index (χ1) is 6.95. The summed E-state index contributed by atoms with van der Waals surface area (Å²) in [6, 6.07) is 11.5. The standard InChI is InChI=1S/C12H16NS/c1-3-7-12(8-4-1)14-11-13-9-5-2-6-10-13/h1,3-4,7H,2,5-6,9-11H2. The number of benzene rings is 1. The molecule has 75 valence electrons. The van der Waals surface area contributed by atoms with Crippen LogP contribution in [0.25, 0.3) is 0 Å². The normalized spacial score (nSPS) is 18.3. The van der Waals surface area contributed by atoms with E-state index < -0.39 is 0 Å². The molecule has 2 rings (SSSR count). The maximum atomic E-state index is 3.24. The average Bonchev–Trinajstić information content (AvgIpc) is 2.29. The van der Waals surface area contributed by atoms with Crippen LogP contribution in [0.3, 0.4) is 0 Å². The van der Waals surface area contributed by atoms with Crippen LogP contribution in [-0.4, -0.2) is 23.9 Å². The molecule has 1 nitrogen and oxygen atoms in total. The molecule has 1 heterocycles. The molecule has 0 aliphatic carbocycles. The minimum Gasteiger partial charge on any atom is -0.294 e. The average molecular weight is 206 g/mol. The fourth-order valence-electron chi connectivity index (χ4n) is 1.72. The summed E-state index contributed by atoms with van der Waals surface area (Å²) in [5.41, 5.74) is 0. The largest absolute Gasteiger partial charge is 0.294 e. The molecule has 1 aromatic carbocycles. The second-order valence-electron chi connectivity index (χ2n) is 3.68. The summed E-state index contributed by atoms with van der Waals surface area (Å²) in [7, 11) is 0. The Bertz CT molecular complexity index is 254. The van der Waals surface area contributed by atoms with Crippen LogP contribution in [0.2, 0.25) is 0 Å². The van der Waals surface area contributed by atoms with Gasteiger partial charge in [0, 0.05) is 10.8 Å². The van der Waals surface area contributed by atoms with E-state index in [0.717, 1.165) is 5.88 Å². The highest BCUT2D eigenvalue weighted by molar-refractivity contribution is 7.99. The summed E-state index contributed by atoms with van der Waals surface area (Å²) in [4.78, 5) is 3.80. The second-order valence-corrected chi connectivity index (χ2v) is 4.67. The van der Waals surface area contributed by atoms with Crippen LogP contribution in [0, 0.1) is 6.07 Å². The van der Waals surface area contributed by atoms with Crippen molar-refractivity contribution in [3.63, 3.8) is 0 Å². The molecule has 1 radical (unpaired) electrons. The number of hydrogen-bond donors (Lipinski definition) is 0. The molecule has 1 aliphatic rings. The molecule has 1 fully saturated rings. The van der Waals surface area contributed by atoms with Crippen molar-refractivity contribution in [1.82, 2.24) is 4.90 Å². The van der Waals surface area contributed by atoms with E-state index >= 15 is 0 Å². The van der Waals surface area contributed by atoms with Crippen molar-refractivity contribution in [1.29, 1.82) is 0 Å². The van der Waals surface area contributed by atoms with Crippen molar-refractivity contribution in [3.8, 4) is 0 Å². The first-order valence-electron chi connectivity index (χ1n) is 5.27. The molecule has 2 heteroatoms. The van der Waals surface area contributed by atoms with Crippen molar-refractivity contribution in [2.45, 2.75) is 24.2 Å². The second kappa shape index (κ2) is 5.42. The lowest BCUT2D eigenvalue weighted by atomic mass is 10.1. The molecule has 0 aromatic heterocycles. The SMILES string of the molecule is [c]1ccccc1SCN1CCCCC1. The van der Waals surface area contributed by atoms with E-state index in [0.29, 0.717) is 0 Å². The molecule has 1 aromatic rings. The maximum Gasteiger partial charge on any atom is 0.0491 e. The highest BCUT2D eigenvalue weighted by Gasteiger charge is 2.09. The lowest BCUT2D eigenvalue weighted by Gasteiger charge is -2.25. The smallest absolute Gasteiger partial charge is 0.0491 e. The van der Waals surface area contributed by atoms with Crippen molar-refractivity contribution < 1.29 is 0 Å². The molecule has 0 unspecified atom stereocenters. The first kappa shape index (κ1) is 10.1. The number of nitrogens with zero attached hydrogens (tertiary/aromatic N) is 1. The Kier molecular flexibility index (Phi) is 3.90. The van der Waals surface area contributed by atoms with E-state index in [1.165, 1.54) is 37.2 Å². The third-order valence-corrected chi connectivity index (χ3v) is 3.59. The highest BCUT2D eigenvalue weighted by atomic mass is 32.2. The van der Waals surface area contributed by atoms with Gasteiger partial charge < -0.3 is 0 Å². The zero-order valence-corrected chi connectivity index (χ0v) is 9.22. The minimum absolute atomic E-state index is 1.13. The Labute approximate surface area is 90.5 Å². The van der Waals surface area contributed by atoms with E-state index in [4.69, 9.17) is 0 Å². The van der Waals surface area contributed by atoms with Gasteiger partial charge in [0.2, 0.25) is 0 Å². The van der Waals surface area contributed by atoms with Crippen LogP contribution >= 0.6 is 11.8 Å². The van der Waals surface area contributed by atoms with Gasteiger partial charge in [0.05, 0.1) is 0 Å². The lowest BCUT2D eigenvalue weighted by molar-refractivity contribution is 0.266. The topological polar surface area (TPSA) is 3.24 Å². The quantitative estimate of drug-likeness (QED) is 0.699. The van der Waals surface area contributed by atoms with Gasteiger partial charge >= 0.3 is 0 Å². The summed E-state index contributed by atoms with van der Waals surface area (Å²) >= 11 is 1.90. The molecule has 0 atom stereocenters. The summed E-state index contributed by atoms with van der Waals surface area (Å²) in [6.45, 7) is 2.56. The molecular weight excluding hydrogens is 190 g/mol. The van der Waals surface area contributed by atoms with E-state index in [1.807, 2.05) is 23.9 Å². The van der Waals surface area contributed by atoms with E-state index in [2.05, 4.69) is 23.1 Å². The van der Waals surface area contributed by atoms with E-state index in [9.17, 15) is 0 Å². The predicted molar refractivity (Wildman–Crippen MR) is 61.4 cm³/mol. The van der Waals surface area contributed by atoms with Gasteiger partial charge in [-0.05, 0) is 38.1 Å². The van der Waals surface area contributed by atoms with Gasteiger partial charge in [-0.2, -0.15) is 0 Å². The van der Waals surface area contributed by atoms with Crippen molar-refractivity contribution in [2.24, 2.45) is 0 Å². The van der Waals surface area contributed by atoms with Gasteiger partial charge in [-0.3, -0.25) is 4.90 Å². The van der Waals surface area contributed by atoms with E-state index in [1.54, 1.807) is 0 Å². The minimum atomic E-state index is 1.13. The van der Waals surface area contributed by atoms with Gasteiger partial charge in [0.1, 0.15) is 0 Å². The number of thioether (sulfide) groups is 1. The van der Waals surface area contributed by atoms with Gasteiger partial charge in [0.15, 0.2) is 0 Å². The molecular formula is C12H16NS. The van der Waals surface area contributed by atoms with Gasteiger partial charge in [-0.15, -0.1) is 11.8 Å². The molecule has 0 bridgehead atoms. The number of piperidine rings is 1. The zero-order valence-electron chi connectivity index (χ0n) is 8.41. The molecule has 14 heavy (non-hydrogen) atoms. The molecule has 0 spiro atoms. The highest BCUT2D eigenvalue weighted by Crippen LogP contribution is 2.19. The van der Waals surface area contributed by atoms with Crippen LogP contribution in [0.5, 0.6) is 0 Å². The summed E-state index contributed by atoms with van der Waals surface area (Å²) in [6.07, 6.45) is 4.16. The fraction of sp³-hybridized carbons (Fsp3) is 0.500. The number of hydrogen-bond acceptors (Lipinski definition) is 2. The van der Waals surface area contributed by atoms with Crippen LogP contribution < -0.4 is 0 Å². The number of likely N-dealkylation sites (tertiary alicyclic amines) is 1. The van der Waals surface area contributed by atoms with Gasteiger partial charge in [0.25, 0.3) is 0 Å². The van der Waals surface area contributed by atoms with Gasteiger partial charge in [-0.1, -0.05) is 24.6 Å². The predicted octanol–water partition coefficient (Wildman–Crippen LogP) is 3.02. The monoisotopic (exact) mass is 206 g/mol. The maximum absolute atomic E-state index is 3.24. The summed E-state index contributed by atoms with van der Waals surface area (Å²) < 4.78 is 0. The Balaban J connectivity index is 1.76. The Hall–Kier alpha value is -0.470. The van der Waals surface area contributed by atoms with Crippen LogP contribution in [0.15, 0.2) is 29.2 Å². The molecule has 0 amide bonds. The van der Waals surface area contributed by atoms with Crippen LogP contribution in [0.4, 0.5) is 0 Å². The first-order valence-corrected chi connectivity index (χ1v) is 6.25. The zero-order chi connectivity index (χ0) is 9.64. The third-order valence-electron chi connectivity index (χ3n) is 2.53. The Morgan fingerprint density at radius 2 is 2.07 bits per heavy atom. The van der Waals surface area contributed by atoms with E-state index in [-0.39, 0.29) is 0 Å². The van der Waals surface area contributed by atoms with Crippen molar-refractivity contribution >= 4 is 11.8 Å². The number of rotatable bonds is 3. The molecule has 1 saturated heterocycles. The fourth-order valence-corrected chi connectivity index (χ4v) is 2.62. The molecule has 1 aliphatic heterocycles.